The summed E-state index contributed by atoms with van der Waals surface area (Å²) in [5, 5.41) is 0.827. The van der Waals surface area contributed by atoms with Crippen LogP contribution in [0.2, 0.25) is 5.02 Å². The van der Waals surface area contributed by atoms with Gasteiger partial charge in [0.15, 0.2) is 5.43 Å². The highest BCUT2D eigenvalue weighted by Gasteiger charge is 2.39. The average molecular weight is 500 g/mol. The number of hydrogen-bond donors (Lipinski definition) is 0. The van der Waals surface area contributed by atoms with Gasteiger partial charge in [-0.2, -0.15) is 0 Å². The topological polar surface area (TPSA) is 78.2 Å². The molecule has 0 spiro atoms. The minimum Gasteiger partial charge on any atom is -0.496 e. The van der Waals surface area contributed by atoms with Gasteiger partial charge in [-0.1, -0.05) is 30.7 Å². The third kappa shape index (κ3) is 4.88. The normalized spacial score (nSPS) is 18.1. The zero-order valence-corrected chi connectivity index (χ0v) is 21.2. The van der Waals surface area contributed by atoms with Crippen molar-refractivity contribution in [2.24, 2.45) is 0 Å². The average Bonchev–Trinajstić information content (AvgIpc) is 3.23. The lowest BCUT2D eigenvalue weighted by atomic mass is 9.89. The van der Waals surface area contributed by atoms with Crippen LogP contribution in [0.25, 0.3) is 22.3 Å². The van der Waals surface area contributed by atoms with E-state index in [-0.39, 0.29) is 30.0 Å². The van der Waals surface area contributed by atoms with E-state index in [0.29, 0.717) is 38.8 Å². The summed E-state index contributed by atoms with van der Waals surface area (Å²) in [6.07, 6.45) is 1.76. The van der Waals surface area contributed by atoms with Gasteiger partial charge in [-0.15, -0.1) is 0 Å². The molecule has 1 unspecified atom stereocenters. The Morgan fingerprint density at radius 3 is 2.57 bits per heavy atom. The van der Waals surface area contributed by atoms with Crippen molar-refractivity contribution in [3.8, 4) is 22.8 Å². The molecule has 186 valence electrons. The fraction of sp³-hybridized carbons (Fsp3) is 0.407. The Morgan fingerprint density at radius 2 is 1.91 bits per heavy atom. The maximum absolute atomic E-state index is 13.4. The zero-order valence-electron chi connectivity index (χ0n) is 20.4. The second kappa shape index (κ2) is 10.7. The van der Waals surface area contributed by atoms with Crippen LogP contribution in [-0.2, 0) is 9.53 Å². The molecule has 0 saturated carbocycles. The van der Waals surface area contributed by atoms with Crippen LogP contribution in [0.15, 0.2) is 45.6 Å². The molecule has 2 heterocycles. The van der Waals surface area contributed by atoms with Crippen LogP contribution in [-0.4, -0.2) is 50.8 Å². The number of likely N-dealkylation sites (tertiary alicyclic amines) is 1. The van der Waals surface area contributed by atoms with E-state index in [0.717, 1.165) is 31.5 Å². The predicted molar refractivity (Wildman–Crippen MR) is 136 cm³/mol. The van der Waals surface area contributed by atoms with Crippen molar-refractivity contribution in [2.75, 3.05) is 33.9 Å². The maximum atomic E-state index is 13.4. The lowest BCUT2D eigenvalue weighted by Crippen LogP contribution is -2.37. The van der Waals surface area contributed by atoms with Crippen molar-refractivity contribution < 1.29 is 23.4 Å². The van der Waals surface area contributed by atoms with Crippen molar-refractivity contribution >= 4 is 28.5 Å². The van der Waals surface area contributed by atoms with Gasteiger partial charge in [0.1, 0.15) is 34.8 Å². The summed E-state index contributed by atoms with van der Waals surface area (Å²) >= 11 is 6.43. The number of carbonyl (C=O) groups excluding carboxylic acids is 1. The number of nitrogens with zero attached hydrogens (tertiary/aromatic N) is 1. The van der Waals surface area contributed by atoms with Crippen molar-refractivity contribution in [3.05, 3.63) is 57.2 Å². The molecule has 1 aliphatic heterocycles. The molecule has 4 rings (SSSR count). The molecule has 0 radical (unpaired) electrons. The summed E-state index contributed by atoms with van der Waals surface area (Å²) in [7, 11) is 3.09. The van der Waals surface area contributed by atoms with Crippen LogP contribution in [0.1, 0.15) is 38.2 Å². The van der Waals surface area contributed by atoms with E-state index in [1.165, 1.54) is 20.1 Å². The number of carbonyl (C=O) groups is 1. The van der Waals surface area contributed by atoms with Gasteiger partial charge in [0.05, 0.1) is 25.3 Å². The first-order valence-corrected chi connectivity index (χ1v) is 12.1. The Hall–Kier alpha value is -3.03. The second-order valence-corrected chi connectivity index (χ2v) is 9.06. The van der Waals surface area contributed by atoms with Gasteiger partial charge >= 0.3 is 5.97 Å². The van der Waals surface area contributed by atoms with E-state index in [2.05, 4.69) is 11.8 Å². The summed E-state index contributed by atoms with van der Waals surface area (Å²) in [5.41, 5.74) is 1.56. The van der Waals surface area contributed by atoms with Gasteiger partial charge < -0.3 is 18.6 Å². The first-order chi connectivity index (χ1) is 16.9. The number of benzene rings is 2. The molecule has 1 aliphatic rings. The van der Waals surface area contributed by atoms with Crippen LogP contribution in [0.3, 0.4) is 0 Å². The molecule has 0 N–H and O–H groups in total. The van der Waals surface area contributed by atoms with Crippen LogP contribution < -0.4 is 14.9 Å². The minimum absolute atomic E-state index is 0.0846. The molecule has 1 fully saturated rings. The Balaban J connectivity index is 1.97. The highest BCUT2D eigenvalue weighted by Crippen LogP contribution is 2.45. The fourth-order valence-electron chi connectivity index (χ4n) is 5.02. The number of methoxy groups -OCH3 is 2. The lowest BCUT2D eigenvalue weighted by Gasteiger charge is -2.29. The van der Waals surface area contributed by atoms with E-state index < -0.39 is 0 Å². The SMILES string of the molecule is CCCN1CCC(c2c(OC)cc(OC)c3c(=O)cc(-c4ccccc4Cl)oc23)[C@H]1COC(C)=O. The van der Waals surface area contributed by atoms with Crippen molar-refractivity contribution in [1.29, 1.82) is 0 Å². The number of hydrogen-bond acceptors (Lipinski definition) is 7. The van der Waals surface area contributed by atoms with E-state index in [1.807, 2.05) is 18.2 Å². The quantitative estimate of drug-likeness (QED) is 0.391. The molecule has 1 aromatic heterocycles. The second-order valence-electron chi connectivity index (χ2n) is 8.65. The summed E-state index contributed by atoms with van der Waals surface area (Å²) < 4.78 is 23.2. The standard InChI is InChI=1S/C27H30ClNO6/c1-5-11-29-12-10-18(20(29)15-34-16(2)30)25-23(32-3)14-24(33-4)26-21(31)13-22(35-27(25)26)17-8-6-7-9-19(17)28/h6-9,13-14,18,20H,5,10-12,15H2,1-4H3/t18?,20-/m1/s1. The van der Waals surface area contributed by atoms with Gasteiger partial charge in [-0.3, -0.25) is 14.5 Å². The van der Waals surface area contributed by atoms with Crippen molar-refractivity contribution in [2.45, 2.75) is 38.6 Å². The van der Waals surface area contributed by atoms with Gasteiger partial charge in [-0.25, -0.2) is 0 Å². The van der Waals surface area contributed by atoms with E-state index >= 15 is 0 Å². The molecule has 7 nitrogen and oxygen atoms in total. The number of ether oxygens (including phenoxy) is 3. The summed E-state index contributed by atoms with van der Waals surface area (Å²) in [6, 6.07) is 10.3. The first-order valence-electron chi connectivity index (χ1n) is 11.7. The monoisotopic (exact) mass is 499 g/mol. The van der Waals surface area contributed by atoms with Crippen LogP contribution in [0.5, 0.6) is 11.5 Å². The molecule has 0 aliphatic carbocycles. The lowest BCUT2D eigenvalue weighted by molar-refractivity contribution is -0.142. The van der Waals surface area contributed by atoms with E-state index in [9.17, 15) is 9.59 Å². The Kier molecular flexibility index (Phi) is 7.67. The molecule has 1 saturated heterocycles. The van der Waals surface area contributed by atoms with E-state index in [1.54, 1.807) is 19.2 Å². The molecule has 35 heavy (non-hydrogen) atoms. The molecular formula is C27H30ClNO6. The number of halogens is 1. The molecule has 3 aromatic rings. The molecule has 0 bridgehead atoms. The largest absolute Gasteiger partial charge is 0.496 e. The number of esters is 1. The Labute approximate surface area is 209 Å². The summed E-state index contributed by atoms with van der Waals surface area (Å²) in [4.78, 5) is 27.4. The van der Waals surface area contributed by atoms with E-state index in [4.69, 9.17) is 30.2 Å². The maximum Gasteiger partial charge on any atom is 0.302 e. The van der Waals surface area contributed by atoms with Gasteiger partial charge in [0.25, 0.3) is 0 Å². The fourth-order valence-corrected chi connectivity index (χ4v) is 5.24. The van der Waals surface area contributed by atoms with Gasteiger partial charge in [0, 0.05) is 36.1 Å². The smallest absolute Gasteiger partial charge is 0.302 e. The molecule has 0 amide bonds. The molecule has 8 heteroatoms. The molecule has 2 aromatic carbocycles. The third-order valence-electron chi connectivity index (χ3n) is 6.55. The highest BCUT2D eigenvalue weighted by atomic mass is 35.5. The third-order valence-corrected chi connectivity index (χ3v) is 6.87. The Morgan fingerprint density at radius 1 is 1.17 bits per heavy atom. The van der Waals surface area contributed by atoms with Crippen LogP contribution in [0, 0.1) is 0 Å². The zero-order chi connectivity index (χ0) is 25.1. The van der Waals surface area contributed by atoms with Crippen LogP contribution in [0.4, 0.5) is 0 Å². The van der Waals surface area contributed by atoms with Gasteiger partial charge in [-0.05, 0) is 38.1 Å². The summed E-state index contributed by atoms with van der Waals surface area (Å²) in [5.74, 6) is 0.884. The highest BCUT2D eigenvalue weighted by molar-refractivity contribution is 6.33. The number of fused-ring (bicyclic) bond motifs is 1. The molecular weight excluding hydrogens is 470 g/mol. The van der Waals surface area contributed by atoms with Crippen LogP contribution >= 0.6 is 11.6 Å². The van der Waals surface area contributed by atoms with Crippen molar-refractivity contribution in [1.82, 2.24) is 4.90 Å². The summed E-state index contributed by atoms with van der Waals surface area (Å²) in [6.45, 7) is 5.47. The van der Waals surface area contributed by atoms with Gasteiger partial charge in [0.2, 0.25) is 0 Å². The Bertz CT molecular complexity index is 1290. The minimum atomic E-state index is -0.328. The predicted octanol–water partition coefficient (Wildman–Crippen LogP) is 5.26. The van der Waals surface area contributed by atoms with Crippen molar-refractivity contribution in [3.63, 3.8) is 0 Å². The number of rotatable bonds is 8. The molecule has 2 atom stereocenters. The first kappa shape index (κ1) is 25.1.